The van der Waals surface area contributed by atoms with Gasteiger partial charge in [-0.25, -0.2) is 0 Å². The number of hydrogen-bond acceptors (Lipinski definition) is 1. The molecule has 0 saturated carbocycles. The molecule has 4 aromatic rings. The van der Waals surface area contributed by atoms with Crippen molar-refractivity contribution >= 4 is 10.9 Å². The second kappa shape index (κ2) is 5.49. The zero-order valence-corrected chi connectivity index (χ0v) is 12.2. The van der Waals surface area contributed by atoms with E-state index in [1.807, 2.05) is 12.1 Å². The molecule has 0 amide bonds. The van der Waals surface area contributed by atoms with Gasteiger partial charge >= 0.3 is 0 Å². The maximum atomic E-state index is 4.87. The number of aromatic nitrogens is 2. The van der Waals surface area contributed by atoms with Crippen molar-refractivity contribution < 1.29 is 0 Å². The molecule has 0 N–H and O–H groups in total. The molecule has 22 heavy (non-hydrogen) atoms. The van der Waals surface area contributed by atoms with Crippen molar-refractivity contribution in [3.05, 3.63) is 90.5 Å². The van der Waals surface area contributed by atoms with Crippen LogP contribution in [0, 0.1) is 0 Å². The lowest BCUT2D eigenvalue weighted by Gasteiger charge is -2.03. The highest BCUT2D eigenvalue weighted by molar-refractivity contribution is 5.93. The van der Waals surface area contributed by atoms with E-state index in [1.165, 1.54) is 16.5 Å². The first-order valence-corrected chi connectivity index (χ1v) is 7.47. The van der Waals surface area contributed by atoms with Crippen molar-refractivity contribution in [1.82, 2.24) is 9.78 Å². The normalized spacial score (nSPS) is 10.9. The van der Waals surface area contributed by atoms with Gasteiger partial charge in [-0.15, -0.1) is 0 Å². The van der Waals surface area contributed by atoms with Crippen LogP contribution >= 0.6 is 0 Å². The minimum Gasteiger partial charge on any atom is -0.260 e. The van der Waals surface area contributed by atoms with E-state index in [0.29, 0.717) is 0 Å². The smallest absolute Gasteiger partial charge is 0.100 e. The number of hydrogen-bond donors (Lipinski definition) is 0. The highest BCUT2D eigenvalue weighted by atomic mass is 15.3. The molecule has 1 aromatic heterocycles. The monoisotopic (exact) mass is 284 g/mol. The minimum absolute atomic E-state index is 0.786. The molecule has 0 unspecified atom stereocenters. The van der Waals surface area contributed by atoms with E-state index >= 15 is 0 Å². The van der Waals surface area contributed by atoms with Gasteiger partial charge in [0.25, 0.3) is 0 Å². The summed E-state index contributed by atoms with van der Waals surface area (Å²) in [6.07, 6.45) is 0. The Morgan fingerprint density at radius 3 is 2.09 bits per heavy atom. The van der Waals surface area contributed by atoms with Crippen LogP contribution in [-0.2, 0) is 6.54 Å². The Bertz CT molecular complexity index is 893. The van der Waals surface area contributed by atoms with Crippen LogP contribution in [0.25, 0.3) is 22.2 Å². The zero-order chi connectivity index (χ0) is 14.8. The summed E-state index contributed by atoms with van der Waals surface area (Å²) in [6.45, 7) is 0.786. The molecular formula is C20H16N2. The van der Waals surface area contributed by atoms with E-state index in [4.69, 9.17) is 5.10 Å². The van der Waals surface area contributed by atoms with Gasteiger partial charge in [0.05, 0.1) is 12.1 Å². The Kier molecular flexibility index (Phi) is 3.20. The quantitative estimate of drug-likeness (QED) is 0.531. The van der Waals surface area contributed by atoms with Crippen LogP contribution in [0.1, 0.15) is 5.56 Å². The first-order chi connectivity index (χ1) is 10.9. The van der Waals surface area contributed by atoms with Gasteiger partial charge in [-0.2, -0.15) is 5.10 Å². The fourth-order valence-corrected chi connectivity index (χ4v) is 2.81. The molecule has 1 heterocycles. The molecule has 0 fully saturated rings. The minimum atomic E-state index is 0.786. The van der Waals surface area contributed by atoms with Crippen LogP contribution in [0.2, 0.25) is 0 Å². The Balaban J connectivity index is 1.86. The van der Waals surface area contributed by atoms with Crippen LogP contribution in [0.3, 0.4) is 0 Å². The van der Waals surface area contributed by atoms with Gasteiger partial charge in [-0.05, 0) is 11.6 Å². The van der Waals surface area contributed by atoms with Gasteiger partial charge in [-0.3, -0.25) is 4.68 Å². The molecule has 0 radical (unpaired) electrons. The summed E-state index contributed by atoms with van der Waals surface area (Å²) in [5.74, 6) is 0. The summed E-state index contributed by atoms with van der Waals surface area (Å²) in [6, 6.07) is 29.2. The first-order valence-electron chi connectivity index (χ1n) is 7.47. The first kappa shape index (κ1) is 12.8. The Hall–Kier alpha value is -2.87. The van der Waals surface area contributed by atoms with Gasteiger partial charge in [0.2, 0.25) is 0 Å². The summed E-state index contributed by atoms with van der Waals surface area (Å²) in [5.41, 5.74) is 4.64. The zero-order valence-electron chi connectivity index (χ0n) is 12.2. The predicted molar refractivity (Wildman–Crippen MR) is 90.7 cm³/mol. The summed E-state index contributed by atoms with van der Waals surface area (Å²) in [4.78, 5) is 0. The molecule has 0 bridgehead atoms. The van der Waals surface area contributed by atoms with Crippen LogP contribution < -0.4 is 0 Å². The van der Waals surface area contributed by atoms with Crippen molar-refractivity contribution in [2.24, 2.45) is 0 Å². The van der Waals surface area contributed by atoms with Crippen molar-refractivity contribution in [1.29, 1.82) is 0 Å². The van der Waals surface area contributed by atoms with Crippen LogP contribution in [-0.4, -0.2) is 9.78 Å². The van der Waals surface area contributed by atoms with E-state index < -0.39 is 0 Å². The number of fused-ring (bicyclic) bond motifs is 1. The summed E-state index contributed by atoms with van der Waals surface area (Å²) in [5, 5.41) is 6.07. The van der Waals surface area contributed by atoms with Crippen molar-refractivity contribution in [2.75, 3.05) is 0 Å². The van der Waals surface area contributed by atoms with E-state index in [9.17, 15) is 0 Å². The summed E-state index contributed by atoms with van der Waals surface area (Å²) in [7, 11) is 0. The Morgan fingerprint density at radius 1 is 0.682 bits per heavy atom. The molecule has 0 aliphatic heterocycles. The van der Waals surface area contributed by atoms with E-state index in [2.05, 4.69) is 77.5 Å². The lowest BCUT2D eigenvalue weighted by atomic mass is 10.1. The van der Waals surface area contributed by atoms with Gasteiger partial charge in [0.1, 0.15) is 5.69 Å². The van der Waals surface area contributed by atoms with Crippen molar-refractivity contribution in [3.63, 3.8) is 0 Å². The lowest BCUT2D eigenvalue weighted by molar-refractivity contribution is 0.715. The molecule has 0 aliphatic carbocycles. The Morgan fingerprint density at radius 2 is 1.32 bits per heavy atom. The molecule has 4 rings (SSSR count). The largest absolute Gasteiger partial charge is 0.260 e. The Labute approximate surface area is 129 Å². The second-order valence-corrected chi connectivity index (χ2v) is 5.38. The molecule has 2 heteroatoms. The molecule has 0 atom stereocenters. The maximum Gasteiger partial charge on any atom is 0.100 e. The topological polar surface area (TPSA) is 17.8 Å². The number of nitrogens with zero attached hydrogens (tertiary/aromatic N) is 2. The number of benzene rings is 3. The molecule has 3 aromatic carbocycles. The second-order valence-electron chi connectivity index (χ2n) is 5.38. The van der Waals surface area contributed by atoms with Crippen LogP contribution in [0.5, 0.6) is 0 Å². The number of rotatable bonds is 3. The third-order valence-electron chi connectivity index (χ3n) is 3.88. The van der Waals surface area contributed by atoms with Crippen molar-refractivity contribution in [2.45, 2.75) is 6.54 Å². The fourth-order valence-electron chi connectivity index (χ4n) is 2.81. The van der Waals surface area contributed by atoms with Crippen molar-refractivity contribution in [3.8, 4) is 11.3 Å². The number of para-hydroxylation sites is 1. The van der Waals surface area contributed by atoms with Gasteiger partial charge in [0.15, 0.2) is 0 Å². The maximum absolute atomic E-state index is 4.87. The summed E-state index contributed by atoms with van der Waals surface area (Å²) < 4.78 is 2.09. The molecular weight excluding hydrogens is 268 g/mol. The van der Waals surface area contributed by atoms with Crippen LogP contribution in [0.15, 0.2) is 84.9 Å². The van der Waals surface area contributed by atoms with E-state index in [-0.39, 0.29) is 0 Å². The molecule has 0 saturated heterocycles. The standard InChI is InChI=1S/C20H16N2/c1-3-9-16(10-4-1)15-22-19-14-8-7-13-18(19)20(21-22)17-11-5-2-6-12-17/h1-14H,15H2. The average Bonchev–Trinajstić information content (AvgIpc) is 2.96. The van der Waals surface area contributed by atoms with Crippen LogP contribution in [0.4, 0.5) is 0 Å². The average molecular weight is 284 g/mol. The predicted octanol–water partition coefficient (Wildman–Crippen LogP) is 4.75. The third-order valence-corrected chi connectivity index (χ3v) is 3.88. The fraction of sp³-hybridized carbons (Fsp3) is 0.0500. The molecule has 0 aliphatic rings. The molecule has 106 valence electrons. The highest BCUT2D eigenvalue weighted by Gasteiger charge is 2.11. The molecule has 0 spiro atoms. The SMILES string of the molecule is c1ccc(Cn2nc(-c3ccccc3)c3ccccc32)cc1. The van der Waals surface area contributed by atoms with Gasteiger partial charge in [-0.1, -0.05) is 78.9 Å². The van der Waals surface area contributed by atoms with E-state index in [1.54, 1.807) is 0 Å². The highest BCUT2D eigenvalue weighted by Crippen LogP contribution is 2.28. The van der Waals surface area contributed by atoms with E-state index in [0.717, 1.165) is 17.8 Å². The van der Waals surface area contributed by atoms with Gasteiger partial charge in [0, 0.05) is 10.9 Å². The molecule has 2 nitrogen and oxygen atoms in total. The summed E-state index contributed by atoms with van der Waals surface area (Å²) >= 11 is 0. The van der Waals surface area contributed by atoms with Gasteiger partial charge < -0.3 is 0 Å². The lowest BCUT2D eigenvalue weighted by Crippen LogP contribution is -2.01. The third kappa shape index (κ3) is 2.29.